The summed E-state index contributed by atoms with van der Waals surface area (Å²) in [6.45, 7) is -0.166. The fourth-order valence-corrected chi connectivity index (χ4v) is 8.34. The Morgan fingerprint density at radius 3 is 2.59 bits per heavy atom. The summed E-state index contributed by atoms with van der Waals surface area (Å²) in [7, 11) is -8.14. The highest BCUT2D eigenvalue weighted by Crippen LogP contribution is 2.55. The van der Waals surface area contributed by atoms with Gasteiger partial charge in [-0.2, -0.15) is 21.6 Å². The smallest absolute Gasteiger partial charge is 0.416 e. The number of amidine groups is 1. The maximum absolute atomic E-state index is 14.0. The summed E-state index contributed by atoms with van der Waals surface area (Å²) < 4.78 is 95.7. The largest absolute Gasteiger partial charge is 0.511 e. The van der Waals surface area contributed by atoms with Gasteiger partial charge in [0.15, 0.2) is 5.84 Å². The molecular formula is C26H25F3N4O6S2. The molecule has 3 N–H and O–H groups in total. The first-order valence-electron chi connectivity index (χ1n) is 12.8. The third kappa shape index (κ3) is 4.84. The number of fused-ring (bicyclic) bond motifs is 6. The molecule has 15 heteroatoms. The molecule has 4 atom stereocenters. The van der Waals surface area contributed by atoms with Crippen molar-refractivity contribution in [3.63, 3.8) is 0 Å². The Morgan fingerprint density at radius 1 is 1.15 bits per heavy atom. The van der Waals surface area contributed by atoms with E-state index in [-0.39, 0.29) is 51.5 Å². The number of anilines is 2. The number of aliphatic hydroxyl groups excluding tert-OH is 1. The summed E-state index contributed by atoms with van der Waals surface area (Å²) in [5.41, 5.74) is -0.950. The van der Waals surface area contributed by atoms with Gasteiger partial charge in [0, 0.05) is 24.2 Å². The van der Waals surface area contributed by atoms with E-state index in [1.807, 2.05) is 0 Å². The minimum absolute atomic E-state index is 0.0110. The molecule has 2 aliphatic carbocycles. The van der Waals surface area contributed by atoms with Crippen LogP contribution in [0.3, 0.4) is 0 Å². The number of hydrogen-bond acceptors (Lipinski definition) is 7. The lowest BCUT2D eigenvalue weighted by Gasteiger charge is -2.44. The SMILES string of the molecule is CS(=O)(=O)Nc1ccc2c(c1)S(=O)(=O)N=C(C1=C(O)C3C([C@@H]4CC[C@H]3C4)N(Cc3cccc(C(F)(F)F)c3)C1=O)N2. The molecule has 2 bridgehead atoms. The predicted molar refractivity (Wildman–Crippen MR) is 143 cm³/mol. The van der Waals surface area contributed by atoms with Gasteiger partial charge in [-0.25, -0.2) is 8.42 Å². The standard InChI is InChI=1S/C26H25F3N4O6S2/c1-40(36,37)31-17-7-8-18-19(11-17)41(38,39)32-24(30-18)21-23(34)20-14-5-6-15(10-14)22(20)33(25(21)35)12-13-3-2-4-16(9-13)26(27,28)29/h2-4,7-9,11,14-15,20,22,31,34H,5-6,10,12H2,1H3,(H,30,32)/t14-,15+,20?,22?/m0/s1. The molecule has 2 saturated carbocycles. The van der Waals surface area contributed by atoms with Gasteiger partial charge in [-0.15, -0.1) is 4.40 Å². The molecule has 2 unspecified atom stereocenters. The Balaban J connectivity index is 1.40. The van der Waals surface area contributed by atoms with Crippen LogP contribution in [0.2, 0.25) is 0 Å². The van der Waals surface area contributed by atoms with Crippen LogP contribution in [-0.2, 0) is 37.6 Å². The molecule has 0 saturated heterocycles. The highest BCUT2D eigenvalue weighted by Gasteiger charge is 2.57. The molecule has 0 spiro atoms. The molecule has 0 radical (unpaired) electrons. The average molecular weight is 611 g/mol. The molecule has 10 nitrogen and oxygen atoms in total. The number of rotatable bonds is 5. The molecule has 2 fully saturated rings. The summed E-state index contributed by atoms with van der Waals surface area (Å²) in [5, 5.41) is 14.2. The number of amides is 1. The summed E-state index contributed by atoms with van der Waals surface area (Å²) in [5.74, 6) is -1.87. The van der Waals surface area contributed by atoms with Crippen LogP contribution in [0, 0.1) is 17.8 Å². The first-order chi connectivity index (χ1) is 19.1. The van der Waals surface area contributed by atoms with Crippen LogP contribution in [0.1, 0.15) is 30.4 Å². The Labute approximate surface area is 234 Å². The number of benzene rings is 2. The average Bonchev–Trinajstić information content (AvgIpc) is 3.48. The lowest BCUT2D eigenvalue weighted by atomic mass is 9.77. The second-order valence-corrected chi connectivity index (χ2v) is 14.2. The fourth-order valence-electron chi connectivity index (χ4n) is 6.64. The van der Waals surface area contributed by atoms with E-state index >= 15 is 0 Å². The number of nitrogens with one attached hydrogen (secondary N) is 2. The van der Waals surface area contributed by atoms with Crippen molar-refractivity contribution in [2.24, 2.45) is 22.2 Å². The van der Waals surface area contributed by atoms with E-state index in [1.165, 1.54) is 29.2 Å². The second-order valence-electron chi connectivity index (χ2n) is 10.9. The quantitative estimate of drug-likeness (QED) is 0.466. The topological polar surface area (TPSA) is 145 Å². The van der Waals surface area contributed by atoms with Gasteiger partial charge in [0.05, 0.1) is 17.5 Å². The number of nitrogens with zero attached hydrogens (tertiary/aromatic N) is 2. The second kappa shape index (κ2) is 9.21. The minimum Gasteiger partial charge on any atom is -0.511 e. The van der Waals surface area contributed by atoms with Gasteiger partial charge >= 0.3 is 6.18 Å². The third-order valence-electron chi connectivity index (χ3n) is 8.15. The van der Waals surface area contributed by atoms with Gasteiger partial charge in [0.2, 0.25) is 10.0 Å². The lowest BCUT2D eigenvalue weighted by molar-refractivity contribution is -0.137. The maximum Gasteiger partial charge on any atom is 0.416 e. The molecule has 2 aliphatic heterocycles. The molecule has 0 aromatic heterocycles. The van der Waals surface area contributed by atoms with Crippen LogP contribution in [-0.4, -0.2) is 50.9 Å². The molecule has 218 valence electrons. The molecule has 1 amide bonds. The van der Waals surface area contributed by atoms with Crippen LogP contribution in [0.5, 0.6) is 0 Å². The molecule has 41 heavy (non-hydrogen) atoms. The Morgan fingerprint density at radius 2 is 1.88 bits per heavy atom. The highest BCUT2D eigenvalue weighted by atomic mass is 32.2. The van der Waals surface area contributed by atoms with Crippen molar-refractivity contribution in [1.82, 2.24) is 4.90 Å². The first kappa shape index (κ1) is 27.6. The maximum atomic E-state index is 14.0. The van der Waals surface area contributed by atoms with Crippen molar-refractivity contribution < 1.29 is 39.9 Å². The van der Waals surface area contributed by atoms with Crippen molar-refractivity contribution in [2.75, 3.05) is 16.3 Å². The zero-order chi connectivity index (χ0) is 29.5. The van der Waals surface area contributed by atoms with E-state index in [0.29, 0.717) is 0 Å². The van der Waals surface area contributed by atoms with E-state index < -0.39 is 55.5 Å². The van der Waals surface area contributed by atoms with Crippen LogP contribution in [0.4, 0.5) is 24.5 Å². The van der Waals surface area contributed by atoms with Crippen molar-refractivity contribution in [3.8, 4) is 0 Å². The predicted octanol–water partition coefficient (Wildman–Crippen LogP) is 3.86. The third-order valence-corrected chi connectivity index (χ3v) is 10.1. The van der Waals surface area contributed by atoms with Crippen LogP contribution in [0.25, 0.3) is 0 Å². The zero-order valence-corrected chi connectivity index (χ0v) is 23.1. The van der Waals surface area contributed by atoms with Gasteiger partial charge in [-0.05, 0) is 67.0 Å². The Bertz CT molecular complexity index is 1750. The van der Waals surface area contributed by atoms with Crippen LogP contribution < -0.4 is 10.0 Å². The van der Waals surface area contributed by atoms with Gasteiger partial charge in [-0.3, -0.25) is 9.52 Å². The van der Waals surface area contributed by atoms with Crippen molar-refractivity contribution in [1.29, 1.82) is 0 Å². The zero-order valence-electron chi connectivity index (χ0n) is 21.5. The molecule has 2 heterocycles. The fraction of sp³-hybridized carbons (Fsp3) is 0.385. The van der Waals surface area contributed by atoms with Crippen molar-refractivity contribution in [3.05, 3.63) is 64.9 Å². The molecule has 4 aliphatic rings. The highest BCUT2D eigenvalue weighted by molar-refractivity contribution is 7.92. The summed E-state index contributed by atoms with van der Waals surface area (Å²) in [6, 6.07) is 7.95. The van der Waals surface area contributed by atoms with Gasteiger partial charge in [-0.1, -0.05) is 12.1 Å². The normalized spacial score (nSPS) is 26.8. The van der Waals surface area contributed by atoms with E-state index in [9.17, 15) is 39.9 Å². The number of carbonyl (C=O) groups is 1. The monoisotopic (exact) mass is 610 g/mol. The summed E-state index contributed by atoms with van der Waals surface area (Å²) in [6.07, 6.45) is -1.32. The number of hydrogen-bond donors (Lipinski definition) is 3. The number of aliphatic hydroxyl groups is 1. The van der Waals surface area contributed by atoms with Crippen LogP contribution in [0.15, 0.2) is 63.1 Å². The molecular weight excluding hydrogens is 585 g/mol. The van der Waals surface area contributed by atoms with E-state index in [1.54, 1.807) is 0 Å². The molecule has 2 aromatic rings. The van der Waals surface area contributed by atoms with Crippen LogP contribution >= 0.6 is 0 Å². The van der Waals surface area contributed by atoms with Gasteiger partial charge in [0.1, 0.15) is 16.2 Å². The van der Waals surface area contributed by atoms with E-state index in [4.69, 9.17) is 0 Å². The Kier molecular flexibility index (Phi) is 6.19. The van der Waals surface area contributed by atoms with Gasteiger partial charge in [0.25, 0.3) is 15.9 Å². The summed E-state index contributed by atoms with van der Waals surface area (Å²) >= 11 is 0. The molecule has 6 rings (SSSR count). The van der Waals surface area contributed by atoms with Gasteiger partial charge < -0.3 is 15.3 Å². The van der Waals surface area contributed by atoms with E-state index in [2.05, 4.69) is 14.4 Å². The number of halogens is 3. The summed E-state index contributed by atoms with van der Waals surface area (Å²) in [4.78, 5) is 15.1. The number of carbonyl (C=O) groups excluding carboxylic acids is 1. The van der Waals surface area contributed by atoms with Crippen molar-refractivity contribution >= 4 is 43.2 Å². The van der Waals surface area contributed by atoms with Crippen molar-refractivity contribution in [2.45, 2.75) is 42.9 Å². The Hall–Kier alpha value is -3.59. The minimum atomic E-state index is -4.57. The number of sulfonamides is 2. The lowest BCUT2D eigenvalue weighted by Crippen LogP contribution is -2.53. The number of alkyl halides is 3. The van der Waals surface area contributed by atoms with E-state index in [0.717, 1.165) is 43.7 Å². The molecule has 2 aromatic carbocycles. The first-order valence-corrected chi connectivity index (χ1v) is 16.1.